The summed E-state index contributed by atoms with van der Waals surface area (Å²) < 4.78 is -0.862. The minimum atomic E-state index is -1.13. The molecule has 3 N–H and O–H groups in total. The SMILES string of the molecule is CC(C)(S[C@H]1CC(=O)N(c2ccccc2)C1=O)[C@H](N)C(=O)O. The summed E-state index contributed by atoms with van der Waals surface area (Å²) in [6.07, 6.45) is 0.0498. The molecule has 0 saturated carbocycles. The van der Waals surface area contributed by atoms with E-state index < -0.39 is 22.0 Å². The zero-order valence-corrected chi connectivity index (χ0v) is 13.2. The van der Waals surface area contributed by atoms with Gasteiger partial charge in [-0.25, -0.2) is 4.90 Å². The summed E-state index contributed by atoms with van der Waals surface area (Å²) in [6.45, 7) is 3.33. The molecule has 1 aliphatic rings. The summed E-state index contributed by atoms with van der Waals surface area (Å²) in [5, 5.41) is 8.42. The van der Waals surface area contributed by atoms with E-state index in [-0.39, 0.29) is 18.2 Å². The second-order valence-electron chi connectivity index (χ2n) is 5.63. The molecule has 1 fully saturated rings. The summed E-state index contributed by atoms with van der Waals surface area (Å²) in [5.41, 5.74) is 6.20. The van der Waals surface area contributed by atoms with Crippen LogP contribution >= 0.6 is 11.8 Å². The smallest absolute Gasteiger partial charge is 0.321 e. The van der Waals surface area contributed by atoms with Gasteiger partial charge in [0.05, 0.1) is 10.9 Å². The number of aliphatic carboxylic acids is 1. The number of carbonyl (C=O) groups is 3. The topological polar surface area (TPSA) is 101 Å². The Morgan fingerprint density at radius 1 is 1.36 bits per heavy atom. The Morgan fingerprint density at radius 2 is 1.95 bits per heavy atom. The summed E-state index contributed by atoms with van der Waals surface area (Å²) in [5.74, 6) is -1.74. The maximum Gasteiger partial charge on any atom is 0.321 e. The minimum absolute atomic E-state index is 0.0498. The first kappa shape index (κ1) is 16.5. The average Bonchev–Trinajstić information content (AvgIpc) is 2.72. The summed E-state index contributed by atoms with van der Waals surface area (Å²) in [4.78, 5) is 36.8. The summed E-state index contributed by atoms with van der Waals surface area (Å²) >= 11 is 1.14. The van der Waals surface area contributed by atoms with Gasteiger partial charge >= 0.3 is 5.97 Å². The van der Waals surface area contributed by atoms with Crippen LogP contribution in [-0.4, -0.2) is 38.9 Å². The van der Waals surface area contributed by atoms with Gasteiger partial charge in [0.1, 0.15) is 6.04 Å². The first-order chi connectivity index (χ1) is 10.2. The second-order valence-corrected chi connectivity index (χ2v) is 7.49. The van der Waals surface area contributed by atoms with Crippen LogP contribution in [0.3, 0.4) is 0 Å². The quantitative estimate of drug-likeness (QED) is 0.791. The third-order valence-corrected chi connectivity index (χ3v) is 5.09. The fourth-order valence-corrected chi connectivity index (χ4v) is 3.69. The van der Waals surface area contributed by atoms with E-state index in [1.807, 2.05) is 0 Å². The second kappa shape index (κ2) is 6.10. The highest BCUT2D eigenvalue weighted by molar-refractivity contribution is 8.02. The molecule has 2 rings (SSSR count). The van der Waals surface area contributed by atoms with Gasteiger partial charge in [0.25, 0.3) is 0 Å². The lowest BCUT2D eigenvalue weighted by Crippen LogP contribution is -2.48. The van der Waals surface area contributed by atoms with E-state index in [1.165, 1.54) is 0 Å². The normalized spacial score (nSPS) is 20.3. The lowest BCUT2D eigenvalue weighted by atomic mass is 10.1. The Bertz CT molecular complexity index is 603. The molecule has 0 aliphatic carbocycles. The fraction of sp³-hybridized carbons (Fsp3) is 0.400. The molecular weight excluding hydrogens is 304 g/mol. The number of carboxylic acids is 1. The van der Waals surface area contributed by atoms with Gasteiger partial charge in [-0.1, -0.05) is 18.2 Å². The first-order valence-corrected chi connectivity index (χ1v) is 7.70. The van der Waals surface area contributed by atoms with Crippen LogP contribution in [0.5, 0.6) is 0 Å². The monoisotopic (exact) mass is 322 g/mol. The number of hydrogen-bond donors (Lipinski definition) is 2. The maximum absolute atomic E-state index is 12.5. The molecule has 1 aromatic rings. The lowest BCUT2D eigenvalue weighted by molar-refractivity contribution is -0.139. The molecule has 1 aromatic carbocycles. The number of nitrogens with zero attached hydrogens (tertiary/aromatic N) is 1. The number of para-hydroxylation sites is 1. The molecule has 1 aliphatic heterocycles. The van der Waals surface area contributed by atoms with Crippen LogP contribution in [-0.2, 0) is 14.4 Å². The summed E-state index contributed by atoms with van der Waals surface area (Å²) in [6, 6.07) is 7.57. The Morgan fingerprint density at radius 3 is 2.50 bits per heavy atom. The van der Waals surface area contributed by atoms with Crippen LogP contribution in [0.1, 0.15) is 20.3 Å². The van der Waals surface area contributed by atoms with Crippen LogP contribution in [0, 0.1) is 0 Å². The van der Waals surface area contributed by atoms with Crippen LogP contribution < -0.4 is 10.6 Å². The number of amides is 2. The molecule has 0 aromatic heterocycles. The van der Waals surface area contributed by atoms with Crippen LogP contribution in [0.4, 0.5) is 5.69 Å². The van der Waals surface area contributed by atoms with Crippen molar-refractivity contribution in [1.29, 1.82) is 0 Å². The molecule has 1 saturated heterocycles. The van der Waals surface area contributed by atoms with Crippen molar-refractivity contribution in [2.24, 2.45) is 5.73 Å². The van der Waals surface area contributed by atoms with Crippen molar-refractivity contribution >= 4 is 35.2 Å². The molecule has 0 radical (unpaired) electrons. The third-order valence-electron chi connectivity index (χ3n) is 3.58. The van der Waals surface area contributed by atoms with Crippen molar-refractivity contribution in [3.63, 3.8) is 0 Å². The van der Waals surface area contributed by atoms with E-state index in [0.717, 1.165) is 16.7 Å². The molecule has 0 unspecified atom stereocenters. The van der Waals surface area contributed by atoms with Gasteiger partial charge in [-0.2, -0.15) is 0 Å². The number of nitrogens with two attached hydrogens (primary N) is 1. The standard InChI is InChI=1S/C15H18N2O4S/c1-15(2,12(16)14(20)21)22-10-8-11(18)17(13(10)19)9-6-4-3-5-7-9/h3-7,10,12H,8,16H2,1-2H3,(H,20,21)/t10-,12+/m0/s1. The van der Waals surface area contributed by atoms with E-state index in [0.29, 0.717) is 5.69 Å². The molecule has 7 heteroatoms. The molecule has 118 valence electrons. The Hall–Kier alpha value is -1.86. The number of anilines is 1. The largest absolute Gasteiger partial charge is 0.480 e. The number of thioether (sulfide) groups is 1. The van der Waals surface area contributed by atoms with E-state index in [1.54, 1.807) is 44.2 Å². The van der Waals surface area contributed by atoms with E-state index in [2.05, 4.69) is 0 Å². The highest BCUT2D eigenvalue weighted by Crippen LogP contribution is 2.38. The van der Waals surface area contributed by atoms with Crippen molar-refractivity contribution in [3.8, 4) is 0 Å². The number of rotatable bonds is 5. The highest BCUT2D eigenvalue weighted by Gasteiger charge is 2.45. The van der Waals surface area contributed by atoms with Crippen molar-refractivity contribution in [2.75, 3.05) is 4.90 Å². The van der Waals surface area contributed by atoms with Crippen molar-refractivity contribution in [1.82, 2.24) is 0 Å². The zero-order valence-electron chi connectivity index (χ0n) is 12.4. The van der Waals surface area contributed by atoms with Gasteiger partial charge in [-0.3, -0.25) is 14.4 Å². The van der Waals surface area contributed by atoms with Gasteiger partial charge < -0.3 is 10.8 Å². The van der Waals surface area contributed by atoms with Gasteiger partial charge in [0.15, 0.2) is 0 Å². The maximum atomic E-state index is 12.5. The van der Waals surface area contributed by atoms with Crippen LogP contribution in [0.15, 0.2) is 30.3 Å². The number of imide groups is 1. The summed E-state index contributed by atoms with van der Waals surface area (Å²) in [7, 11) is 0. The molecule has 2 amide bonds. The van der Waals surface area contributed by atoms with Gasteiger partial charge in [-0.15, -0.1) is 11.8 Å². The third kappa shape index (κ3) is 3.15. The van der Waals surface area contributed by atoms with Gasteiger partial charge in [0, 0.05) is 11.2 Å². The van der Waals surface area contributed by atoms with Crippen molar-refractivity contribution < 1.29 is 19.5 Å². The molecular formula is C15H18N2O4S. The average molecular weight is 322 g/mol. The molecule has 0 spiro atoms. The fourth-order valence-electron chi connectivity index (χ4n) is 2.28. The molecule has 2 atom stereocenters. The Balaban J connectivity index is 2.17. The van der Waals surface area contributed by atoms with E-state index in [4.69, 9.17) is 10.8 Å². The predicted molar refractivity (Wildman–Crippen MR) is 84.6 cm³/mol. The minimum Gasteiger partial charge on any atom is -0.480 e. The van der Waals surface area contributed by atoms with E-state index in [9.17, 15) is 14.4 Å². The van der Waals surface area contributed by atoms with E-state index >= 15 is 0 Å². The highest BCUT2D eigenvalue weighted by atomic mass is 32.2. The number of carbonyl (C=O) groups excluding carboxylic acids is 2. The van der Waals surface area contributed by atoms with Crippen molar-refractivity contribution in [2.45, 2.75) is 36.3 Å². The number of carboxylic acid groups (broad SMARTS) is 1. The van der Waals surface area contributed by atoms with Crippen LogP contribution in [0.25, 0.3) is 0 Å². The van der Waals surface area contributed by atoms with Crippen LogP contribution in [0.2, 0.25) is 0 Å². The Labute approximate surface area is 132 Å². The predicted octanol–water partition coefficient (Wildman–Crippen LogP) is 1.24. The van der Waals surface area contributed by atoms with Crippen molar-refractivity contribution in [3.05, 3.63) is 30.3 Å². The van der Waals surface area contributed by atoms with Gasteiger partial charge in [-0.05, 0) is 26.0 Å². The Kier molecular flexibility index (Phi) is 4.58. The molecule has 1 heterocycles. The van der Waals surface area contributed by atoms with Gasteiger partial charge in [0.2, 0.25) is 11.8 Å². The molecule has 0 bridgehead atoms. The number of benzene rings is 1. The zero-order chi connectivity index (χ0) is 16.5. The first-order valence-electron chi connectivity index (χ1n) is 6.82. The lowest BCUT2D eigenvalue weighted by Gasteiger charge is -2.30. The number of hydrogen-bond acceptors (Lipinski definition) is 5. The molecule has 6 nitrogen and oxygen atoms in total. The molecule has 22 heavy (non-hydrogen) atoms.